The minimum atomic E-state index is -3.27. The van der Waals surface area contributed by atoms with Gasteiger partial charge in [-0.2, -0.15) is 0 Å². The number of rotatable bonds is 5. The van der Waals surface area contributed by atoms with E-state index in [9.17, 15) is 8.42 Å². The monoisotopic (exact) mass is 286 g/mol. The lowest BCUT2D eigenvalue weighted by Crippen LogP contribution is -2.52. The van der Waals surface area contributed by atoms with Crippen molar-refractivity contribution in [3.05, 3.63) is 24.4 Å². The summed E-state index contributed by atoms with van der Waals surface area (Å²) in [4.78, 5) is 4.08. The SMILES string of the molecule is CCS(=O)(=O)N[C@H]1COCC[C@@H]1Oc1ccccn1. The van der Waals surface area contributed by atoms with Crippen LogP contribution in [0, 0.1) is 0 Å². The molecule has 2 heterocycles. The molecule has 6 nitrogen and oxygen atoms in total. The fraction of sp³-hybridized carbons (Fsp3) is 0.583. The maximum absolute atomic E-state index is 11.6. The van der Waals surface area contributed by atoms with Gasteiger partial charge >= 0.3 is 0 Å². The van der Waals surface area contributed by atoms with Gasteiger partial charge in [-0.05, 0) is 13.0 Å². The van der Waals surface area contributed by atoms with E-state index < -0.39 is 10.0 Å². The molecular formula is C12H18N2O4S. The average Bonchev–Trinajstić information content (AvgIpc) is 2.42. The zero-order chi connectivity index (χ0) is 13.7. The Morgan fingerprint density at radius 2 is 2.37 bits per heavy atom. The predicted molar refractivity (Wildman–Crippen MR) is 70.5 cm³/mol. The van der Waals surface area contributed by atoms with Crippen LogP contribution in [0.2, 0.25) is 0 Å². The first-order chi connectivity index (χ1) is 9.11. The molecule has 0 aliphatic carbocycles. The predicted octanol–water partition coefficient (Wildman–Crippen LogP) is 0.557. The maximum atomic E-state index is 11.6. The number of hydrogen-bond acceptors (Lipinski definition) is 5. The summed E-state index contributed by atoms with van der Waals surface area (Å²) in [5.41, 5.74) is 0. The summed E-state index contributed by atoms with van der Waals surface area (Å²) in [6.45, 7) is 2.47. The van der Waals surface area contributed by atoms with Gasteiger partial charge in [-0.3, -0.25) is 0 Å². The van der Waals surface area contributed by atoms with Crippen molar-refractivity contribution in [2.24, 2.45) is 0 Å². The van der Waals surface area contributed by atoms with Gasteiger partial charge in [-0.25, -0.2) is 18.1 Å². The summed E-state index contributed by atoms with van der Waals surface area (Å²) in [6.07, 6.45) is 2.01. The Bertz CT molecular complexity index is 492. The number of ether oxygens (including phenoxy) is 2. The fourth-order valence-electron chi connectivity index (χ4n) is 1.86. The molecule has 19 heavy (non-hydrogen) atoms. The van der Waals surface area contributed by atoms with Gasteiger partial charge in [0.05, 0.1) is 25.0 Å². The minimum Gasteiger partial charge on any atom is -0.472 e. The Labute approximate surface area is 113 Å². The molecule has 7 heteroatoms. The second kappa shape index (κ2) is 6.31. The van der Waals surface area contributed by atoms with Crippen LogP contribution in [0.25, 0.3) is 0 Å². The third-order valence-corrected chi connectivity index (χ3v) is 4.34. The van der Waals surface area contributed by atoms with Gasteiger partial charge in [0, 0.05) is 18.7 Å². The Balaban J connectivity index is 2.04. The minimum absolute atomic E-state index is 0.0415. The van der Waals surface area contributed by atoms with Crippen molar-refractivity contribution in [1.82, 2.24) is 9.71 Å². The molecule has 1 aromatic heterocycles. The Hall–Kier alpha value is -1.18. The van der Waals surface area contributed by atoms with E-state index >= 15 is 0 Å². The van der Waals surface area contributed by atoms with E-state index in [-0.39, 0.29) is 17.9 Å². The van der Waals surface area contributed by atoms with Crippen LogP contribution in [0.3, 0.4) is 0 Å². The highest BCUT2D eigenvalue weighted by atomic mass is 32.2. The lowest BCUT2D eigenvalue weighted by Gasteiger charge is -2.31. The topological polar surface area (TPSA) is 77.5 Å². The first-order valence-corrected chi connectivity index (χ1v) is 7.91. The molecular weight excluding hydrogens is 268 g/mol. The van der Waals surface area contributed by atoms with Crippen molar-refractivity contribution in [2.75, 3.05) is 19.0 Å². The van der Waals surface area contributed by atoms with E-state index in [2.05, 4.69) is 9.71 Å². The van der Waals surface area contributed by atoms with Crippen LogP contribution in [-0.2, 0) is 14.8 Å². The normalized spacial score (nSPS) is 24.1. The smallest absolute Gasteiger partial charge is 0.213 e. The molecule has 1 aliphatic rings. The summed E-state index contributed by atoms with van der Waals surface area (Å²) in [6, 6.07) is 5.00. The average molecular weight is 286 g/mol. The highest BCUT2D eigenvalue weighted by Crippen LogP contribution is 2.16. The van der Waals surface area contributed by atoms with Crippen LogP contribution < -0.4 is 9.46 Å². The van der Waals surface area contributed by atoms with Crippen LogP contribution >= 0.6 is 0 Å². The lowest BCUT2D eigenvalue weighted by atomic mass is 10.1. The molecule has 1 N–H and O–H groups in total. The number of nitrogens with zero attached hydrogens (tertiary/aromatic N) is 1. The molecule has 2 rings (SSSR count). The highest BCUT2D eigenvalue weighted by molar-refractivity contribution is 7.89. The summed E-state index contributed by atoms with van der Waals surface area (Å²) in [5, 5.41) is 0. The summed E-state index contributed by atoms with van der Waals surface area (Å²) in [7, 11) is -3.27. The number of hydrogen-bond donors (Lipinski definition) is 1. The van der Waals surface area contributed by atoms with Crippen LogP contribution in [0.15, 0.2) is 24.4 Å². The molecule has 2 atom stereocenters. The van der Waals surface area contributed by atoms with Gasteiger partial charge in [0.1, 0.15) is 6.10 Å². The molecule has 1 saturated heterocycles. The van der Waals surface area contributed by atoms with Gasteiger partial charge in [-0.1, -0.05) is 6.07 Å². The third kappa shape index (κ3) is 4.15. The molecule has 0 spiro atoms. The second-order valence-corrected chi connectivity index (χ2v) is 6.36. The summed E-state index contributed by atoms with van der Waals surface area (Å²) in [5.74, 6) is 0.537. The first kappa shape index (κ1) is 14.2. The van der Waals surface area contributed by atoms with Crippen molar-refractivity contribution >= 4 is 10.0 Å². The quantitative estimate of drug-likeness (QED) is 0.855. The molecule has 0 unspecified atom stereocenters. The van der Waals surface area contributed by atoms with E-state index in [0.29, 0.717) is 25.5 Å². The number of nitrogens with one attached hydrogen (secondary N) is 1. The van der Waals surface area contributed by atoms with Gasteiger partial charge in [0.2, 0.25) is 15.9 Å². The molecule has 1 aliphatic heterocycles. The van der Waals surface area contributed by atoms with E-state index in [1.54, 1.807) is 25.3 Å². The van der Waals surface area contributed by atoms with Crippen molar-refractivity contribution in [3.63, 3.8) is 0 Å². The molecule has 0 aromatic carbocycles. The zero-order valence-corrected chi connectivity index (χ0v) is 11.6. The molecule has 1 aromatic rings. The molecule has 0 bridgehead atoms. The molecule has 0 amide bonds. The fourth-order valence-corrected chi connectivity index (χ4v) is 2.70. The van der Waals surface area contributed by atoms with Gasteiger partial charge < -0.3 is 9.47 Å². The van der Waals surface area contributed by atoms with Crippen LogP contribution in [0.4, 0.5) is 0 Å². The zero-order valence-electron chi connectivity index (χ0n) is 10.8. The van der Waals surface area contributed by atoms with E-state index in [1.807, 2.05) is 6.07 Å². The Morgan fingerprint density at radius 3 is 3.05 bits per heavy atom. The van der Waals surface area contributed by atoms with Gasteiger partial charge in [0.25, 0.3) is 0 Å². The van der Waals surface area contributed by atoms with Gasteiger partial charge in [-0.15, -0.1) is 0 Å². The Morgan fingerprint density at radius 1 is 1.53 bits per heavy atom. The second-order valence-electron chi connectivity index (χ2n) is 4.32. The van der Waals surface area contributed by atoms with E-state index in [1.165, 1.54) is 0 Å². The van der Waals surface area contributed by atoms with Crippen molar-refractivity contribution in [2.45, 2.75) is 25.5 Å². The summed E-state index contributed by atoms with van der Waals surface area (Å²) < 4.78 is 36.9. The first-order valence-electron chi connectivity index (χ1n) is 6.26. The molecule has 0 saturated carbocycles. The molecule has 0 radical (unpaired) electrons. The number of pyridine rings is 1. The standard InChI is InChI=1S/C12H18N2O4S/c1-2-19(15,16)14-10-9-17-8-6-11(10)18-12-5-3-4-7-13-12/h3-5,7,10-11,14H,2,6,8-9H2,1H3/t10-,11-/m0/s1. The number of aromatic nitrogens is 1. The third-order valence-electron chi connectivity index (χ3n) is 2.91. The van der Waals surface area contributed by atoms with Crippen LogP contribution in [0.5, 0.6) is 5.88 Å². The lowest BCUT2D eigenvalue weighted by molar-refractivity contribution is 0.00151. The highest BCUT2D eigenvalue weighted by Gasteiger charge is 2.30. The maximum Gasteiger partial charge on any atom is 0.213 e. The van der Waals surface area contributed by atoms with Crippen LogP contribution in [-0.4, -0.2) is 44.5 Å². The van der Waals surface area contributed by atoms with Crippen molar-refractivity contribution < 1.29 is 17.9 Å². The van der Waals surface area contributed by atoms with E-state index in [0.717, 1.165) is 0 Å². The van der Waals surface area contributed by atoms with Gasteiger partial charge in [0.15, 0.2) is 0 Å². The summed E-state index contributed by atoms with van der Waals surface area (Å²) >= 11 is 0. The van der Waals surface area contributed by atoms with Crippen LogP contribution in [0.1, 0.15) is 13.3 Å². The largest absolute Gasteiger partial charge is 0.472 e. The van der Waals surface area contributed by atoms with Crippen molar-refractivity contribution in [1.29, 1.82) is 0 Å². The molecule has 1 fully saturated rings. The molecule has 106 valence electrons. The van der Waals surface area contributed by atoms with Crippen molar-refractivity contribution in [3.8, 4) is 5.88 Å². The van der Waals surface area contributed by atoms with E-state index in [4.69, 9.17) is 9.47 Å². The Kier molecular flexibility index (Phi) is 4.73. The number of sulfonamides is 1.